The molecule has 2 aliphatic heterocycles. The molecule has 2 amide bonds. The lowest BCUT2D eigenvalue weighted by Gasteiger charge is -2.45. The number of carbonyl (C=O) groups is 2. The van der Waals surface area contributed by atoms with E-state index in [9.17, 15) is 9.59 Å². The van der Waals surface area contributed by atoms with Gasteiger partial charge in [-0.05, 0) is 18.3 Å². The van der Waals surface area contributed by atoms with Gasteiger partial charge in [-0.15, -0.1) is 0 Å². The van der Waals surface area contributed by atoms with E-state index in [1.165, 1.54) is 4.90 Å². The summed E-state index contributed by atoms with van der Waals surface area (Å²) in [7, 11) is 0. The van der Waals surface area contributed by atoms with Gasteiger partial charge in [-0.25, -0.2) is 4.79 Å². The predicted molar refractivity (Wildman–Crippen MR) is 88.3 cm³/mol. The molecule has 2 saturated heterocycles. The van der Waals surface area contributed by atoms with Crippen LogP contribution in [0, 0.1) is 5.41 Å². The molecule has 0 bridgehead atoms. The van der Waals surface area contributed by atoms with Gasteiger partial charge in [-0.1, -0.05) is 20.8 Å². The number of ether oxygens (including phenoxy) is 1. The minimum atomic E-state index is -0.849. The number of likely N-dealkylation sites (tertiary alicyclic amines) is 1. The molecule has 2 rings (SSSR count). The van der Waals surface area contributed by atoms with E-state index in [2.05, 4.69) is 20.8 Å². The van der Waals surface area contributed by atoms with E-state index in [-0.39, 0.29) is 17.4 Å². The van der Waals surface area contributed by atoms with Crippen molar-refractivity contribution in [1.82, 2.24) is 9.80 Å². The van der Waals surface area contributed by atoms with Gasteiger partial charge in [-0.2, -0.15) is 0 Å². The van der Waals surface area contributed by atoms with Crippen LogP contribution in [0.5, 0.6) is 0 Å². The summed E-state index contributed by atoms with van der Waals surface area (Å²) in [4.78, 5) is 25.0. The summed E-state index contributed by atoms with van der Waals surface area (Å²) in [5, 5.41) is 8.41. The van der Waals surface area contributed by atoms with Crippen LogP contribution >= 0.6 is 0 Å². The number of piperidine rings is 1. The zero-order chi connectivity index (χ0) is 17.6. The maximum atomic E-state index is 11.4. The summed E-state index contributed by atoms with van der Waals surface area (Å²) in [5.74, 6) is 0.178. The Morgan fingerprint density at radius 1 is 1.17 bits per heavy atom. The minimum absolute atomic E-state index is 0.129. The van der Waals surface area contributed by atoms with Crippen LogP contribution in [0.25, 0.3) is 0 Å². The molecule has 0 aliphatic carbocycles. The Bertz CT molecular complexity index is 403. The SMILES string of the molecule is CC(=O)N1CCC(N)CC1C(C)(C)C.O=C(O)N1CCOCC1. The fourth-order valence-corrected chi connectivity index (χ4v) is 2.95. The number of nitrogens with two attached hydrogens (primary N) is 1. The molecule has 0 saturated carbocycles. The van der Waals surface area contributed by atoms with E-state index in [0.29, 0.717) is 32.3 Å². The van der Waals surface area contributed by atoms with E-state index in [4.69, 9.17) is 15.6 Å². The maximum absolute atomic E-state index is 11.4. The monoisotopic (exact) mass is 329 g/mol. The smallest absolute Gasteiger partial charge is 0.407 e. The Balaban J connectivity index is 0.000000253. The molecule has 2 aliphatic rings. The summed E-state index contributed by atoms with van der Waals surface area (Å²) in [6, 6.07) is 0.554. The van der Waals surface area contributed by atoms with Crippen molar-refractivity contribution in [1.29, 1.82) is 0 Å². The Morgan fingerprint density at radius 3 is 2.13 bits per heavy atom. The molecule has 2 heterocycles. The third-order valence-corrected chi connectivity index (χ3v) is 4.33. The van der Waals surface area contributed by atoms with Crippen LogP contribution in [-0.2, 0) is 9.53 Å². The average molecular weight is 329 g/mol. The number of rotatable bonds is 0. The number of carbonyl (C=O) groups excluding carboxylic acids is 1. The molecule has 7 heteroatoms. The van der Waals surface area contributed by atoms with E-state index in [0.717, 1.165) is 19.4 Å². The van der Waals surface area contributed by atoms with Crippen molar-refractivity contribution in [2.45, 2.75) is 52.6 Å². The Morgan fingerprint density at radius 2 is 1.74 bits per heavy atom. The number of amides is 2. The van der Waals surface area contributed by atoms with Crippen molar-refractivity contribution in [2.75, 3.05) is 32.8 Å². The van der Waals surface area contributed by atoms with E-state index in [1.54, 1.807) is 6.92 Å². The van der Waals surface area contributed by atoms with Gasteiger partial charge >= 0.3 is 6.09 Å². The van der Waals surface area contributed by atoms with Crippen LogP contribution in [0.2, 0.25) is 0 Å². The second kappa shape index (κ2) is 8.49. The maximum Gasteiger partial charge on any atom is 0.407 e. The average Bonchev–Trinajstić information content (AvgIpc) is 2.47. The fourth-order valence-electron chi connectivity index (χ4n) is 2.95. The zero-order valence-electron chi connectivity index (χ0n) is 14.7. The predicted octanol–water partition coefficient (Wildman–Crippen LogP) is 1.37. The van der Waals surface area contributed by atoms with Gasteiger partial charge in [0.15, 0.2) is 0 Å². The summed E-state index contributed by atoms with van der Waals surface area (Å²) >= 11 is 0. The summed E-state index contributed by atoms with van der Waals surface area (Å²) < 4.78 is 4.94. The molecule has 0 aromatic rings. The molecule has 0 aromatic heterocycles. The first-order chi connectivity index (χ1) is 10.6. The van der Waals surface area contributed by atoms with Crippen LogP contribution in [-0.4, -0.2) is 71.8 Å². The molecule has 2 unspecified atom stereocenters. The Labute approximate surface area is 138 Å². The standard InChI is InChI=1S/C11H22N2O.C5H9NO3/c1-8(14)13-6-5-9(12)7-10(13)11(2,3)4;7-5(8)6-1-3-9-4-2-6/h9-10H,5-7,12H2,1-4H3;1-4H2,(H,7,8). The molecule has 7 nitrogen and oxygen atoms in total. The second-order valence-corrected chi connectivity index (χ2v) is 7.26. The van der Waals surface area contributed by atoms with E-state index < -0.39 is 6.09 Å². The van der Waals surface area contributed by atoms with Crippen LogP contribution in [0.15, 0.2) is 0 Å². The summed E-state index contributed by atoms with van der Waals surface area (Å²) in [6.07, 6.45) is 1.02. The molecule has 134 valence electrons. The fraction of sp³-hybridized carbons (Fsp3) is 0.875. The van der Waals surface area contributed by atoms with Crippen LogP contribution in [0.4, 0.5) is 4.79 Å². The van der Waals surface area contributed by atoms with Gasteiger partial charge in [0.2, 0.25) is 5.91 Å². The highest BCUT2D eigenvalue weighted by atomic mass is 16.5. The van der Waals surface area contributed by atoms with Crippen molar-refractivity contribution in [3.05, 3.63) is 0 Å². The molecular formula is C16H31N3O4. The van der Waals surface area contributed by atoms with Gasteiger partial charge in [0, 0.05) is 38.6 Å². The number of hydrogen-bond donors (Lipinski definition) is 2. The highest BCUT2D eigenvalue weighted by Gasteiger charge is 2.36. The number of carboxylic acid groups (broad SMARTS) is 1. The van der Waals surface area contributed by atoms with Crippen LogP contribution < -0.4 is 5.73 Å². The molecule has 2 fully saturated rings. The van der Waals surface area contributed by atoms with E-state index in [1.807, 2.05) is 4.90 Å². The van der Waals surface area contributed by atoms with Crippen molar-refractivity contribution in [2.24, 2.45) is 11.1 Å². The first kappa shape index (κ1) is 19.7. The zero-order valence-corrected chi connectivity index (χ0v) is 14.7. The van der Waals surface area contributed by atoms with Crippen molar-refractivity contribution in [3.63, 3.8) is 0 Å². The lowest BCUT2D eigenvalue weighted by molar-refractivity contribution is -0.135. The number of morpholine rings is 1. The third-order valence-electron chi connectivity index (χ3n) is 4.33. The van der Waals surface area contributed by atoms with Crippen molar-refractivity contribution in [3.8, 4) is 0 Å². The van der Waals surface area contributed by atoms with E-state index >= 15 is 0 Å². The molecule has 0 spiro atoms. The highest BCUT2D eigenvalue weighted by molar-refractivity contribution is 5.73. The van der Waals surface area contributed by atoms with Crippen LogP contribution in [0.1, 0.15) is 40.5 Å². The quantitative estimate of drug-likeness (QED) is 0.700. The first-order valence-electron chi connectivity index (χ1n) is 8.21. The molecular weight excluding hydrogens is 298 g/mol. The van der Waals surface area contributed by atoms with Gasteiger partial charge in [0.25, 0.3) is 0 Å². The largest absolute Gasteiger partial charge is 0.465 e. The van der Waals surface area contributed by atoms with Crippen molar-refractivity contribution < 1.29 is 19.4 Å². The molecule has 23 heavy (non-hydrogen) atoms. The van der Waals surface area contributed by atoms with Gasteiger partial charge in [0.1, 0.15) is 0 Å². The Kier molecular flexibility index (Phi) is 7.28. The lowest BCUT2D eigenvalue weighted by Crippen LogP contribution is -2.54. The summed E-state index contributed by atoms with van der Waals surface area (Å²) in [6.45, 7) is 11.1. The third kappa shape index (κ3) is 6.35. The van der Waals surface area contributed by atoms with Crippen molar-refractivity contribution >= 4 is 12.0 Å². The molecule has 2 atom stereocenters. The Hall–Kier alpha value is -1.34. The number of hydrogen-bond acceptors (Lipinski definition) is 4. The van der Waals surface area contributed by atoms with Gasteiger partial charge < -0.3 is 25.4 Å². The normalized spacial score (nSPS) is 25.4. The lowest BCUT2D eigenvalue weighted by atomic mass is 9.79. The highest BCUT2D eigenvalue weighted by Crippen LogP contribution is 2.31. The molecule has 3 N–H and O–H groups in total. The molecule has 0 aromatic carbocycles. The summed E-state index contributed by atoms with van der Waals surface area (Å²) in [5.41, 5.74) is 6.07. The molecule has 0 radical (unpaired) electrons. The van der Waals surface area contributed by atoms with Gasteiger partial charge in [-0.3, -0.25) is 4.79 Å². The minimum Gasteiger partial charge on any atom is -0.465 e. The van der Waals surface area contributed by atoms with Gasteiger partial charge in [0.05, 0.1) is 13.2 Å². The first-order valence-corrected chi connectivity index (χ1v) is 8.21. The number of nitrogens with zero attached hydrogens (tertiary/aromatic N) is 2. The second-order valence-electron chi connectivity index (χ2n) is 7.26. The van der Waals surface area contributed by atoms with Crippen LogP contribution in [0.3, 0.4) is 0 Å². The topological polar surface area (TPSA) is 96.1 Å².